The first-order chi connectivity index (χ1) is 4.72. The first-order valence-electron chi connectivity index (χ1n) is 3.49. The van der Waals surface area contributed by atoms with E-state index in [-0.39, 0.29) is 25.1 Å². The predicted octanol–water partition coefficient (Wildman–Crippen LogP) is 0.568. The van der Waals surface area contributed by atoms with Gasteiger partial charge in [0.25, 0.3) is 0 Å². The van der Waals surface area contributed by atoms with Gasteiger partial charge in [-0.15, -0.1) is 0 Å². The molecule has 0 saturated heterocycles. The van der Waals surface area contributed by atoms with Crippen molar-refractivity contribution >= 4 is 5.97 Å². The zero-order valence-corrected chi connectivity index (χ0v) is 6.46. The van der Waals surface area contributed by atoms with Crippen LogP contribution >= 0.6 is 0 Å². The van der Waals surface area contributed by atoms with Crippen LogP contribution in [-0.4, -0.2) is 24.3 Å². The zero-order chi connectivity index (χ0) is 7.98. The molecule has 0 bridgehead atoms. The molecular formula is C7H14O3. The van der Waals surface area contributed by atoms with Gasteiger partial charge in [0, 0.05) is 0 Å². The van der Waals surface area contributed by atoms with Gasteiger partial charge in [-0.3, -0.25) is 4.79 Å². The average molecular weight is 146 g/mol. The van der Waals surface area contributed by atoms with Crippen LogP contribution in [0.25, 0.3) is 0 Å². The van der Waals surface area contributed by atoms with Crippen molar-refractivity contribution < 1.29 is 14.6 Å². The molecule has 0 heterocycles. The fourth-order valence-corrected chi connectivity index (χ4v) is 0.455. The smallest absolute Gasteiger partial charge is 0.308 e. The van der Waals surface area contributed by atoms with Gasteiger partial charge in [0.2, 0.25) is 0 Å². The minimum atomic E-state index is -0.225. The Morgan fingerprint density at radius 2 is 2.30 bits per heavy atom. The topological polar surface area (TPSA) is 46.5 Å². The standard InChI is InChI=1S/C7H14O3/c1-3-6(2)7(9)10-5-4-8/h6,8H,3-5H2,1-2H3/t6-/m1/s1. The number of hydrogen-bond acceptors (Lipinski definition) is 3. The van der Waals surface area contributed by atoms with Gasteiger partial charge in [0.05, 0.1) is 12.5 Å². The Bertz CT molecular complexity index is 101. The van der Waals surface area contributed by atoms with Gasteiger partial charge in [-0.1, -0.05) is 13.8 Å². The maximum Gasteiger partial charge on any atom is 0.308 e. The number of hydrogen-bond donors (Lipinski definition) is 1. The van der Waals surface area contributed by atoms with E-state index in [0.29, 0.717) is 0 Å². The Morgan fingerprint density at radius 3 is 2.70 bits per heavy atom. The molecule has 0 aromatic rings. The lowest BCUT2D eigenvalue weighted by Crippen LogP contribution is -2.15. The molecule has 0 radical (unpaired) electrons. The number of aliphatic hydroxyl groups is 1. The summed E-state index contributed by atoms with van der Waals surface area (Å²) in [6.45, 7) is 3.75. The normalized spacial score (nSPS) is 12.7. The first-order valence-corrected chi connectivity index (χ1v) is 3.49. The number of esters is 1. The third-order valence-electron chi connectivity index (χ3n) is 1.35. The number of carbonyl (C=O) groups excluding carboxylic acids is 1. The zero-order valence-electron chi connectivity index (χ0n) is 6.46. The molecule has 0 rings (SSSR count). The fraction of sp³-hybridized carbons (Fsp3) is 0.857. The molecule has 0 fully saturated rings. The summed E-state index contributed by atoms with van der Waals surface area (Å²) < 4.78 is 4.65. The van der Waals surface area contributed by atoms with Crippen LogP contribution in [0.4, 0.5) is 0 Å². The van der Waals surface area contributed by atoms with E-state index in [0.717, 1.165) is 6.42 Å². The molecule has 1 atom stereocenters. The van der Waals surface area contributed by atoms with E-state index in [1.807, 2.05) is 6.92 Å². The highest BCUT2D eigenvalue weighted by Crippen LogP contribution is 2.02. The summed E-state index contributed by atoms with van der Waals surface area (Å²) in [6, 6.07) is 0. The summed E-state index contributed by atoms with van der Waals surface area (Å²) in [5.41, 5.74) is 0. The van der Waals surface area contributed by atoms with E-state index < -0.39 is 0 Å². The molecule has 0 spiro atoms. The third kappa shape index (κ3) is 3.45. The van der Waals surface area contributed by atoms with Gasteiger partial charge in [-0.2, -0.15) is 0 Å². The highest BCUT2D eigenvalue weighted by molar-refractivity contribution is 5.71. The SMILES string of the molecule is CC[C@@H](C)C(=O)OCCO. The molecule has 3 nitrogen and oxygen atoms in total. The van der Waals surface area contributed by atoms with Crippen LogP contribution in [0.5, 0.6) is 0 Å². The monoisotopic (exact) mass is 146 g/mol. The lowest BCUT2D eigenvalue weighted by molar-refractivity contribution is -0.148. The van der Waals surface area contributed by atoms with Crippen molar-refractivity contribution in [3.63, 3.8) is 0 Å². The summed E-state index contributed by atoms with van der Waals surface area (Å²) >= 11 is 0. The molecular weight excluding hydrogens is 132 g/mol. The molecule has 0 aliphatic heterocycles. The highest BCUT2D eigenvalue weighted by Gasteiger charge is 2.10. The van der Waals surface area contributed by atoms with Gasteiger partial charge >= 0.3 is 5.97 Å². The molecule has 0 aliphatic carbocycles. The van der Waals surface area contributed by atoms with Gasteiger partial charge in [-0.25, -0.2) is 0 Å². The molecule has 0 unspecified atom stereocenters. The van der Waals surface area contributed by atoms with Gasteiger partial charge < -0.3 is 9.84 Å². The number of carbonyl (C=O) groups is 1. The van der Waals surface area contributed by atoms with Gasteiger partial charge in [0.1, 0.15) is 6.61 Å². The number of ether oxygens (including phenoxy) is 1. The Labute approximate surface area is 61.0 Å². The Balaban J connectivity index is 3.42. The van der Waals surface area contributed by atoms with E-state index in [9.17, 15) is 4.79 Å². The van der Waals surface area contributed by atoms with Crippen LogP contribution in [0.1, 0.15) is 20.3 Å². The van der Waals surface area contributed by atoms with Crippen molar-refractivity contribution in [1.29, 1.82) is 0 Å². The summed E-state index contributed by atoms with van der Waals surface area (Å²) in [7, 11) is 0. The second kappa shape index (κ2) is 5.23. The quantitative estimate of drug-likeness (QED) is 0.590. The largest absolute Gasteiger partial charge is 0.463 e. The molecule has 1 N–H and O–H groups in total. The molecule has 10 heavy (non-hydrogen) atoms. The Morgan fingerprint density at radius 1 is 1.70 bits per heavy atom. The number of rotatable bonds is 4. The lowest BCUT2D eigenvalue weighted by atomic mass is 10.1. The van der Waals surface area contributed by atoms with Crippen LogP contribution in [0, 0.1) is 5.92 Å². The molecule has 0 amide bonds. The molecule has 3 heteroatoms. The minimum Gasteiger partial charge on any atom is -0.463 e. The molecule has 0 aromatic carbocycles. The van der Waals surface area contributed by atoms with Crippen LogP contribution in [0.2, 0.25) is 0 Å². The maximum atomic E-state index is 10.8. The summed E-state index contributed by atoms with van der Waals surface area (Å²) in [6.07, 6.45) is 0.782. The Hall–Kier alpha value is -0.570. The van der Waals surface area contributed by atoms with Crippen LogP contribution < -0.4 is 0 Å². The first kappa shape index (κ1) is 9.43. The van der Waals surface area contributed by atoms with Crippen molar-refractivity contribution in [1.82, 2.24) is 0 Å². The van der Waals surface area contributed by atoms with E-state index in [1.165, 1.54) is 0 Å². The van der Waals surface area contributed by atoms with Crippen LogP contribution in [0.15, 0.2) is 0 Å². The highest BCUT2D eigenvalue weighted by atomic mass is 16.5. The minimum absolute atomic E-state index is 0.0495. The van der Waals surface area contributed by atoms with Crippen molar-refractivity contribution in [3.05, 3.63) is 0 Å². The van der Waals surface area contributed by atoms with Crippen molar-refractivity contribution in [3.8, 4) is 0 Å². The van der Waals surface area contributed by atoms with E-state index in [4.69, 9.17) is 5.11 Å². The Kier molecular flexibility index (Phi) is 4.94. The van der Waals surface area contributed by atoms with E-state index in [1.54, 1.807) is 6.92 Å². The summed E-state index contributed by atoms with van der Waals surface area (Å²) in [5.74, 6) is -0.275. The second-order valence-electron chi connectivity index (χ2n) is 2.20. The number of aliphatic hydroxyl groups excluding tert-OH is 1. The summed E-state index contributed by atoms with van der Waals surface area (Å²) in [4.78, 5) is 10.8. The molecule has 60 valence electrons. The second-order valence-corrected chi connectivity index (χ2v) is 2.20. The van der Waals surface area contributed by atoms with Crippen molar-refractivity contribution in [2.45, 2.75) is 20.3 Å². The van der Waals surface area contributed by atoms with Gasteiger partial charge in [0.15, 0.2) is 0 Å². The maximum absolute atomic E-state index is 10.8. The molecule has 0 saturated carbocycles. The van der Waals surface area contributed by atoms with Crippen molar-refractivity contribution in [2.24, 2.45) is 5.92 Å². The van der Waals surface area contributed by atoms with E-state index >= 15 is 0 Å². The molecule has 0 aliphatic rings. The average Bonchev–Trinajstić information content (AvgIpc) is 1.98. The third-order valence-corrected chi connectivity index (χ3v) is 1.35. The van der Waals surface area contributed by atoms with Crippen molar-refractivity contribution in [2.75, 3.05) is 13.2 Å². The van der Waals surface area contributed by atoms with Crippen LogP contribution in [0.3, 0.4) is 0 Å². The predicted molar refractivity (Wildman–Crippen MR) is 37.5 cm³/mol. The lowest BCUT2D eigenvalue weighted by Gasteiger charge is -2.06. The van der Waals surface area contributed by atoms with Crippen LogP contribution in [-0.2, 0) is 9.53 Å². The van der Waals surface area contributed by atoms with Gasteiger partial charge in [-0.05, 0) is 6.42 Å². The molecule has 0 aromatic heterocycles. The fourth-order valence-electron chi connectivity index (χ4n) is 0.455. The summed E-state index contributed by atoms with van der Waals surface area (Å²) in [5, 5.41) is 8.29. The van der Waals surface area contributed by atoms with E-state index in [2.05, 4.69) is 4.74 Å².